The second kappa shape index (κ2) is 7.78. The Bertz CT molecular complexity index is 815. The van der Waals surface area contributed by atoms with Gasteiger partial charge in [0.1, 0.15) is 9.96 Å². The normalized spacial score (nSPS) is 11.3. The van der Waals surface area contributed by atoms with Crippen LogP contribution in [-0.4, -0.2) is 34.5 Å². The Hall–Kier alpha value is -1.90. The number of thiophene rings is 1. The van der Waals surface area contributed by atoms with Crippen LogP contribution >= 0.6 is 11.3 Å². The molecule has 1 amide bonds. The lowest BCUT2D eigenvalue weighted by Gasteiger charge is -2.21. The molecular formula is C16H20N2O4S2. The number of benzene rings is 1. The third kappa shape index (κ3) is 4.56. The van der Waals surface area contributed by atoms with Crippen LogP contribution in [0.25, 0.3) is 0 Å². The summed E-state index contributed by atoms with van der Waals surface area (Å²) in [5.41, 5.74) is 0.660. The van der Waals surface area contributed by atoms with Crippen molar-refractivity contribution in [1.29, 1.82) is 0 Å². The van der Waals surface area contributed by atoms with E-state index in [1.807, 2.05) is 6.92 Å². The highest BCUT2D eigenvalue weighted by Gasteiger charge is 2.17. The molecule has 0 unspecified atom stereocenters. The number of anilines is 1. The van der Waals surface area contributed by atoms with E-state index in [-0.39, 0.29) is 23.2 Å². The van der Waals surface area contributed by atoms with Crippen molar-refractivity contribution in [3.8, 4) is 5.75 Å². The minimum Gasteiger partial charge on any atom is -0.497 e. The van der Waals surface area contributed by atoms with Crippen LogP contribution in [-0.2, 0) is 14.8 Å². The molecule has 0 radical (unpaired) electrons. The molecule has 0 aliphatic heterocycles. The molecule has 1 aromatic carbocycles. The maximum Gasteiger partial charge on any atom is 0.250 e. The molecule has 0 saturated heterocycles. The van der Waals surface area contributed by atoms with Crippen LogP contribution in [0.2, 0.25) is 0 Å². The van der Waals surface area contributed by atoms with Gasteiger partial charge < -0.3 is 9.64 Å². The largest absolute Gasteiger partial charge is 0.497 e. The summed E-state index contributed by atoms with van der Waals surface area (Å²) in [6.45, 7) is 3.64. The summed E-state index contributed by atoms with van der Waals surface area (Å²) in [5, 5.41) is 0. The number of aryl methyl sites for hydroxylation is 1. The average molecular weight is 368 g/mol. The number of nitrogens with zero attached hydrogens (tertiary/aromatic N) is 1. The van der Waals surface area contributed by atoms with Crippen LogP contribution in [0.1, 0.15) is 11.8 Å². The van der Waals surface area contributed by atoms with Gasteiger partial charge in [0.25, 0.3) is 0 Å². The van der Waals surface area contributed by atoms with E-state index in [1.165, 1.54) is 23.2 Å². The highest BCUT2D eigenvalue weighted by molar-refractivity contribution is 7.91. The summed E-state index contributed by atoms with van der Waals surface area (Å²) in [7, 11) is -2.00. The molecule has 1 N–H and O–H groups in total. The summed E-state index contributed by atoms with van der Waals surface area (Å²) < 4.78 is 32.4. The first-order chi connectivity index (χ1) is 11.3. The highest BCUT2D eigenvalue weighted by Crippen LogP contribution is 2.22. The lowest BCUT2D eigenvalue weighted by Crippen LogP contribution is -2.37. The SMILES string of the molecule is COc1cccc(N(CCNS(=O)(=O)c2ccc(C)s2)C(C)=O)c1. The first-order valence-electron chi connectivity index (χ1n) is 7.32. The van der Waals surface area contributed by atoms with Crippen molar-refractivity contribution in [2.75, 3.05) is 25.1 Å². The smallest absolute Gasteiger partial charge is 0.250 e. The van der Waals surface area contributed by atoms with Gasteiger partial charge in [-0.1, -0.05) is 6.07 Å². The van der Waals surface area contributed by atoms with E-state index in [0.717, 1.165) is 4.88 Å². The summed E-state index contributed by atoms with van der Waals surface area (Å²) in [6.07, 6.45) is 0. The summed E-state index contributed by atoms with van der Waals surface area (Å²) in [4.78, 5) is 14.3. The fraction of sp³-hybridized carbons (Fsp3) is 0.312. The number of methoxy groups -OCH3 is 1. The van der Waals surface area contributed by atoms with Crippen LogP contribution in [0, 0.1) is 6.92 Å². The van der Waals surface area contributed by atoms with Gasteiger partial charge in [-0.25, -0.2) is 13.1 Å². The second-order valence-electron chi connectivity index (χ2n) is 5.13. The predicted molar refractivity (Wildman–Crippen MR) is 95.3 cm³/mol. The molecule has 0 saturated carbocycles. The third-order valence-corrected chi connectivity index (χ3v) is 6.31. The van der Waals surface area contributed by atoms with E-state index in [9.17, 15) is 13.2 Å². The van der Waals surface area contributed by atoms with Crippen molar-refractivity contribution in [3.05, 3.63) is 41.3 Å². The molecule has 6 nitrogen and oxygen atoms in total. The molecule has 130 valence electrons. The predicted octanol–water partition coefficient (Wildman–Crippen LogP) is 2.40. The van der Waals surface area contributed by atoms with Gasteiger partial charge in [-0.05, 0) is 31.2 Å². The van der Waals surface area contributed by atoms with Crippen LogP contribution in [0.4, 0.5) is 5.69 Å². The van der Waals surface area contributed by atoms with Crippen molar-refractivity contribution in [2.24, 2.45) is 0 Å². The topological polar surface area (TPSA) is 75.7 Å². The number of rotatable bonds is 7. The molecule has 0 spiro atoms. The van der Waals surface area contributed by atoms with E-state index in [1.54, 1.807) is 43.5 Å². The van der Waals surface area contributed by atoms with Crippen molar-refractivity contribution in [3.63, 3.8) is 0 Å². The third-order valence-electron chi connectivity index (χ3n) is 3.35. The van der Waals surface area contributed by atoms with Gasteiger partial charge in [0.2, 0.25) is 15.9 Å². The monoisotopic (exact) mass is 368 g/mol. The number of sulfonamides is 1. The number of hydrogen-bond acceptors (Lipinski definition) is 5. The molecule has 0 aliphatic carbocycles. The van der Waals surface area contributed by atoms with Crippen LogP contribution in [0.5, 0.6) is 5.75 Å². The van der Waals surface area contributed by atoms with Crippen molar-refractivity contribution in [1.82, 2.24) is 4.72 Å². The van der Waals surface area contributed by atoms with Crippen LogP contribution in [0.3, 0.4) is 0 Å². The molecule has 24 heavy (non-hydrogen) atoms. The number of hydrogen-bond donors (Lipinski definition) is 1. The van der Waals surface area contributed by atoms with Gasteiger partial charge in [0.15, 0.2) is 0 Å². The summed E-state index contributed by atoms with van der Waals surface area (Å²) >= 11 is 1.21. The quantitative estimate of drug-likeness (QED) is 0.814. The van der Waals surface area contributed by atoms with E-state index in [2.05, 4.69) is 4.72 Å². The fourth-order valence-corrected chi connectivity index (χ4v) is 4.52. The van der Waals surface area contributed by atoms with E-state index < -0.39 is 10.0 Å². The Kier molecular flexibility index (Phi) is 5.98. The summed E-state index contributed by atoms with van der Waals surface area (Å²) in [5.74, 6) is 0.461. The van der Waals surface area contributed by atoms with E-state index >= 15 is 0 Å². The second-order valence-corrected chi connectivity index (χ2v) is 8.42. The molecule has 8 heteroatoms. The number of nitrogens with one attached hydrogen (secondary N) is 1. The Morgan fingerprint density at radius 2 is 2.04 bits per heavy atom. The molecule has 0 atom stereocenters. The van der Waals surface area contributed by atoms with Crippen molar-refractivity contribution >= 4 is 33.0 Å². The molecule has 0 fully saturated rings. The Labute approximate surface area is 146 Å². The standard InChI is InChI=1S/C16H20N2O4S2/c1-12-7-8-16(23-12)24(20,21)17-9-10-18(13(2)19)14-5-4-6-15(11-14)22-3/h4-8,11,17H,9-10H2,1-3H3. The zero-order valence-electron chi connectivity index (χ0n) is 13.8. The van der Waals surface area contributed by atoms with Crippen LogP contribution in [0.15, 0.2) is 40.6 Å². The minimum atomic E-state index is -3.55. The molecule has 2 rings (SSSR count). The van der Waals surface area contributed by atoms with Gasteiger partial charge in [-0.15, -0.1) is 11.3 Å². The number of carbonyl (C=O) groups excluding carboxylic acids is 1. The Morgan fingerprint density at radius 1 is 1.29 bits per heavy atom. The first-order valence-corrected chi connectivity index (χ1v) is 9.62. The van der Waals surface area contributed by atoms with Gasteiger partial charge in [0.05, 0.1) is 7.11 Å². The molecule has 2 aromatic rings. The van der Waals surface area contributed by atoms with Gasteiger partial charge in [0, 0.05) is 36.6 Å². The van der Waals surface area contributed by atoms with Crippen LogP contribution < -0.4 is 14.4 Å². The minimum absolute atomic E-state index is 0.121. The van der Waals surface area contributed by atoms with E-state index in [4.69, 9.17) is 4.74 Å². The molecule has 0 bridgehead atoms. The van der Waals surface area contributed by atoms with Gasteiger partial charge in [-0.3, -0.25) is 4.79 Å². The van der Waals surface area contributed by atoms with Crippen molar-refractivity contribution < 1.29 is 17.9 Å². The zero-order chi connectivity index (χ0) is 17.7. The number of amides is 1. The molecular weight excluding hydrogens is 348 g/mol. The van der Waals surface area contributed by atoms with Crippen molar-refractivity contribution in [2.45, 2.75) is 18.1 Å². The summed E-state index contributed by atoms with van der Waals surface area (Å²) in [6, 6.07) is 10.4. The van der Waals surface area contributed by atoms with Gasteiger partial charge in [-0.2, -0.15) is 0 Å². The molecule has 1 aromatic heterocycles. The van der Waals surface area contributed by atoms with Gasteiger partial charge >= 0.3 is 0 Å². The highest BCUT2D eigenvalue weighted by atomic mass is 32.2. The Balaban J connectivity index is 2.05. The number of ether oxygens (including phenoxy) is 1. The lowest BCUT2D eigenvalue weighted by atomic mass is 10.2. The number of carbonyl (C=O) groups is 1. The fourth-order valence-electron chi connectivity index (χ4n) is 2.17. The zero-order valence-corrected chi connectivity index (χ0v) is 15.4. The van der Waals surface area contributed by atoms with E-state index in [0.29, 0.717) is 11.4 Å². The lowest BCUT2D eigenvalue weighted by molar-refractivity contribution is -0.116. The maximum absolute atomic E-state index is 12.2. The Morgan fingerprint density at radius 3 is 2.62 bits per heavy atom. The molecule has 1 heterocycles. The maximum atomic E-state index is 12.2. The molecule has 0 aliphatic rings. The average Bonchev–Trinajstić information content (AvgIpc) is 2.98. The first kappa shape index (κ1) is 18.4.